The van der Waals surface area contributed by atoms with Crippen LogP contribution in [-0.2, 0) is 4.79 Å². The highest BCUT2D eigenvalue weighted by atomic mass is 16.4. The molecule has 5 nitrogen and oxygen atoms in total. The molecule has 0 radical (unpaired) electrons. The quantitative estimate of drug-likeness (QED) is 0.739. The molecule has 90 valence electrons. The molecule has 0 unspecified atom stereocenters. The summed E-state index contributed by atoms with van der Waals surface area (Å²) in [5.74, 6) is -1.44. The number of amides is 1. The number of carbonyl (C=O) groups is 2. The van der Waals surface area contributed by atoms with Crippen molar-refractivity contribution in [2.24, 2.45) is 5.92 Å². The van der Waals surface area contributed by atoms with Gasteiger partial charge in [0.15, 0.2) is 0 Å². The van der Waals surface area contributed by atoms with Crippen molar-refractivity contribution in [1.82, 2.24) is 4.90 Å². The Morgan fingerprint density at radius 2 is 2.06 bits per heavy atom. The Hall–Kier alpha value is -2.04. The van der Waals surface area contributed by atoms with Crippen molar-refractivity contribution in [1.29, 1.82) is 0 Å². The molecule has 1 amide bonds. The number of hydrogen-bond donors (Lipinski definition) is 2. The highest BCUT2D eigenvalue weighted by molar-refractivity contribution is 5.96. The topological polar surface area (TPSA) is 83.6 Å². The van der Waals surface area contributed by atoms with Crippen LogP contribution >= 0.6 is 0 Å². The molecule has 0 aliphatic carbocycles. The Bertz CT molecular complexity index is 479. The van der Waals surface area contributed by atoms with E-state index in [-0.39, 0.29) is 19.0 Å². The molecule has 0 saturated carbocycles. The van der Waals surface area contributed by atoms with Gasteiger partial charge in [-0.05, 0) is 24.6 Å². The van der Waals surface area contributed by atoms with Gasteiger partial charge in [0.25, 0.3) is 5.91 Å². The molecule has 0 spiro atoms. The van der Waals surface area contributed by atoms with Gasteiger partial charge in [0.2, 0.25) is 0 Å². The van der Waals surface area contributed by atoms with Gasteiger partial charge in [0, 0.05) is 24.3 Å². The Labute approximate surface area is 98.8 Å². The zero-order chi connectivity index (χ0) is 12.6. The average molecular weight is 234 g/mol. The second kappa shape index (κ2) is 4.08. The van der Waals surface area contributed by atoms with Gasteiger partial charge >= 0.3 is 5.97 Å². The van der Waals surface area contributed by atoms with Crippen LogP contribution in [0.1, 0.15) is 15.9 Å². The van der Waals surface area contributed by atoms with Crippen molar-refractivity contribution >= 4 is 17.6 Å². The number of carbonyl (C=O) groups excluding carboxylic acids is 1. The number of nitrogens with zero attached hydrogens (tertiary/aromatic N) is 1. The molecule has 1 aliphatic heterocycles. The molecular weight excluding hydrogens is 220 g/mol. The summed E-state index contributed by atoms with van der Waals surface area (Å²) in [6.07, 6.45) is 0. The van der Waals surface area contributed by atoms with E-state index in [0.29, 0.717) is 11.3 Å². The van der Waals surface area contributed by atoms with Crippen LogP contribution < -0.4 is 5.73 Å². The first-order chi connectivity index (χ1) is 7.99. The minimum absolute atomic E-state index is 0.158. The lowest BCUT2D eigenvalue weighted by molar-refractivity contribution is -0.146. The molecule has 17 heavy (non-hydrogen) atoms. The number of benzene rings is 1. The summed E-state index contributed by atoms with van der Waals surface area (Å²) in [6, 6.07) is 5.13. The van der Waals surface area contributed by atoms with Gasteiger partial charge in [-0.3, -0.25) is 9.59 Å². The summed E-state index contributed by atoms with van der Waals surface area (Å²) in [6.45, 7) is 2.43. The van der Waals surface area contributed by atoms with E-state index < -0.39 is 11.9 Å². The first kappa shape index (κ1) is 11.4. The van der Waals surface area contributed by atoms with Crippen LogP contribution in [0, 0.1) is 12.8 Å². The Balaban J connectivity index is 2.06. The van der Waals surface area contributed by atoms with Gasteiger partial charge in [0.1, 0.15) is 0 Å². The maximum atomic E-state index is 11.9. The molecule has 1 fully saturated rings. The van der Waals surface area contributed by atoms with E-state index in [1.807, 2.05) is 6.92 Å². The number of hydrogen-bond acceptors (Lipinski definition) is 3. The number of carboxylic acids is 1. The lowest BCUT2D eigenvalue weighted by Crippen LogP contribution is -2.53. The van der Waals surface area contributed by atoms with E-state index in [1.165, 1.54) is 4.90 Å². The van der Waals surface area contributed by atoms with Crippen LogP contribution in [0.5, 0.6) is 0 Å². The predicted octanol–water partition coefficient (Wildman–Crippen LogP) is 0.734. The Kier molecular flexibility index (Phi) is 2.75. The van der Waals surface area contributed by atoms with Crippen LogP contribution in [0.2, 0.25) is 0 Å². The van der Waals surface area contributed by atoms with Crippen molar-refractivity contribution in [2.75, 3.05) is 18.8 Å². The second-order valence-electron chi connectivity index (χ2n) is 4.32. The number of nitrogen functional groups attached to an aromatic ring is 1. The van der Waals surface area contributed by atoms with Crippen molar-refractivity contribution < 1.29 is 14.7 Å². The fourth-order valence-corrected chi connectivity index (χ4v) is 1.76. The lowest BCUT2D eigenvalue weighted by atomic mass is 9.99. The third-order valence-corrected chi connectivity index (χ3v) is 3.04. The fraction of sp³-hybridized carbons (Fsp3) is 0.333. The maximum Gasteiger partial charge on any atom is 0.310 e. The molecule has 5 heteroatoms. The molecular formula is C12H14N2O3. The predicted molar refractivity (Wildman–Crippen MR) is 62.6 cm³/mol. The zero-order valence-corrected chi connectivity index (χ0v) is 9.51. The van der Waals surface area contributed by atoms with Gasteiger partial charge < -0.3 is 15.7 Å². The van der Waals surface area contributed by atoms with Crippen molar-refractivity contribution in [2.45, 2.75) is 6.92 Å². The molecule has 1 aromatic rings. The van der Waals surface area contributed by atoms with Crippen LogP contribution in [0.15, 0.2) is 18.2 Å². The molecule has 1 aromatic carbocycles. The number of anilines is 1. The van der Waals surface area contributed by atoms with Crippen LogP contribution in [0.25, 0.3) is 0 Å². The molecule has 1 saturated heterocycles. The molecule has 0 bridgehead atoms. The summed E-state index contributed by atoms with van der Waals surface area (Å²) in [5.41, 5.74) is 7.74. The smallest absolute Gasteiger partial charge is 0.310 e. The summed E-state index contributed by atoms with van der Waals surface area (Å²) in [7, 11) is 0. The second-order valence-corrected chi connectivity index (χ2v) is 4.32. The number of carboxylic acid groups (broad SMARTS) is 1. The fourth-order valence-electron chi connectivity index (χ4n) is 1.76. The summed E-state index contributed by atoms with van der Waals surface area (Å²) in [4.78, 5) is 24.1. The van der Waals surface area contributed by atoms with E-state index in [2.05, 4.69) is 0 Å². The van der Waals surface area contributed by atoms with Crippen LogP contribution in [-0.4, -0.2) is 35.0 Å². The van der Waals surface area contributed by atoms with Gasteiger partial charge in [-0.2, -0.15) is 0 Å². The van der Waals surface area contributed by atoms with E-state index in [0.717, 1.165) is 5.56 Å². The van der Waals surface area contributed by atoms with Crippen LogP contribution in [0.4, 0.5) is 5.69 Å². The standard InChI is InChI=1S/C12H14N2O3/c1-7-2-3-8(4-10(7)13)11(15)14-5-9(6-14)12(16)17/h2-4,9H,5-6,13H2,1H3,(H,16,17). The normalized spacial score (nSPS) is 15.5. The first-order valence-corrected chi connectivity index (χ1v) is 5.37. The number of rotatable bonds is 2. The van der Waals surface area contributed by atoms with Crippen molar-refractivity contribution in [3.63, 3.8) is 0 Å². The van der Waals surface area contributed by atoms with E-state index in [4.69, 9.17) is 10.8 Å². The zero-order valence-electron chi connectivity index (χ0n) is 9.51. The van der Waals surface area contributed by atoms with Crippen molar-refractivity contribution in [3.05, 3.63) is 29.3 Å². The number of aliphatic carboxylic acids is 1. The number of likely N-dealkylation sites (tertiary alicyclic amines) is 1. The highest BCUT2D eigenvalue weighted by Crippen LogP contribution is 2.21. The average Bonchev–Trinajstić information content (AvgIpc) is 2.19. The van der Waals surface area contributed by atoms with Gasteiger partial charge in [-0.1, -0.05) is 6.07 Å². The number of aryl methyl sites for hydroxylation is 1. The largest absolute Gasteiger partial charge is 0.481 e. The van der Waals surface area contributed by atoms with E-state index in [9.17, 15) is 9.59 Å². The van der Waals surface area contributed by atoms with Gasteiger partial charge in [-0.15, -0.1) is 0 Å². The Morgan fingerprint density at radius 3 is 2.59 bits per heavy atom. The molecule has 0 atom stereocenters. The maximum absolute atomic E-state index is 11.9. The number of nitrogens with two attached hydrogens (primary N) is 1. The molecule has 1 aliphatic rings. The first-order valence-electron chi connectivity index (χ1n) is 5.37. The third kappa shape index (κ3) is 2.08. The minimum Gasteiger partial charge on any atom is -0.481 e. The van der Waals surface area contributed by atoms with E-state index in [1.54, 1.807) is 18.2 Å². The highest BCUT2D eigenvalue weighted by Gasteiger charge is 2.35. The van der Waals surface area contributed by atoms with Gasteiger partial charge in [-0.25, -0.2) is 0 Å². The van der Waals surface area contributed by atoms with Crippen LogP contribution in [0.3, 0.4) is 0 Å². The van der Waals surface area contributed by atoms with Crippen molar-refractivity contribution in [3.8, 4) is 0 Å². The molecule has 2 rings (SSSR count). The third-order valence-electron chi connectivity index (χ3n) is 3.04. The minimum atomic E-state index is -0.850. The van der Waals surface area contributed by atoms with Gasteiger partial charge in [0.05, 0.1) is 5.92 Å². The SMILES string of the molecule is Cc1ccc(C(=O)N2CC(C(=O)O)C2)cc1N. The molecule has 0 aromatic heterocycles. The molecule has 3 N–H and O–H groups in total. The summed E-state index contributed by atoms with van der Waals surface area (Å²) >= 11 is 0. The summed E-state index contributed by atoms with van der Waals surface area (Å²) < 4.78 is 0. The molecule has 1 heterocycles. The summed E-state index contributed by atoms with van der Waals surface area (Å²) in [5, 5.41) is 8.73. The lowest BCUT2D eigenvalue weighted by Gasteiger charge is -2.36. The monoisotopic (exact) mass is 234 g/mol. The van der Waals surface area contributed by atoms with E-state index >= 15 is 0 Å². The Morgan fingerprint density at radius 1 is 1.41 bits per heavy atom.